The fraction of sp³-hybridized carbons (Fsp3) is 0.278. The highest BCUT2D eigenvalue weighted by molar-refractivity contribution is 6.32. The summed E-state index contributed by atoms with van der Waals surface area (Å²) < 4.78 is 0. The molecule has 0 saturated carbocycles. The van der Waals surface area contributed by atoms with Crippen LogP contribution in [-0.2, 0) is 0 Å². The van der Waals surface area contributed by atoms with Gasteiger partial charge in [0, 0.05) is 37.8 Å². The molecule has 1 saturated heterocycles. The maximum absolute atomic E-state index is 12.6. The van der Waals surface area contributed by atoms with Gasteiger partial charge in [-0.1, -0.05) is 23.7 Å². The molecule has 136 valence electrons. The second kappa shape index (κ2) is 7.72. The summed E-state index contributed by atoms with van der Waals surface area (Å²) in [7, 11) is 2.08. The number of amides is 1. The van der Waals surface area contributed by atoms with E-state index in [0.717, 1.165) is 31.9 Å². The number of rotatable bonds is 4. The molecule has 1 aliphatic rings. The van der Waals surface area contributed by atoms with E-state index in [-0.39, 0.29) is 16.3 Å². The Balaban J connectivity index is 1.82. The number of hydrogen-bond donors (Lipinski definition) is 1. The molecule has 1 heterocycles. The first-order valence-corrected chi connectivity index (χ1v) is 8.61. The van der Waals surface area contributed by atoms with Crippen molar-refractivity contribution < 1.29 is 9.72 Å². The molecular weight excluding hydrogens is 356 g/mol. The zero-order valence-corrected chi connectivity index (χ0v) is 15.1. The lowest BCUT2D eigenvalue weighted by Crippen LogP contribution is -2.44. The molecule has 0 radical (unpaired) electrons. The molecule has 0 aromatic heterocycles. The smallest absolute Gasteiger partial charge is 0.288 e. The molecule has 0 spiro atoms. The predicted molar refractivity (Wildman–Crippen MR) is 102 cm³/mol. The number of hydrogen-bond acceptors (Lipinski definition) is 5. The summed E-state index contributed by atoms with van der Waals surface area (Å²) in [5, 5.41) is 13.9. The number of para-hydroxylation sites is 2. The van der Waals surface area contributed by atoms with Crippen molar-refractivity contribution in [1.29, 1.82) is 0 Å². The van der Waals surface area contributed by atoms with Gasteiger partial charge in [0.1, 0.15) is 5.02 Å². The fourth-order valence-electron chi connectivity index (χ4n) is 2.89. The van der Waals surface area contributed by atoms with Crippen LogP contribution >= 0.6 is 11.6 Å². The standard InChI is InChI=1S/C18H19ClN4O3/c1-21-8-10-22(11-9-21)16-5-3-2-4-15(16)20-18(24)13-6-7-14(19)17(12-13)23(25)26/h2-7,12H,8-11H2,1H3,(H,20,24). The van der Waals surface area contributed by atoms with E-state index < -0.39 is 10.8 Å². The number of halogens is 1. The van der Waals surface area contributed by atoms with Gasteiger partial charge in [-0.2, -0.15) is 0 Å². The van der Waals surface area contributed by atoms with Crippen LogP contribution in [0.25, 0.3) is 0 Å². The van der Waals surface area contributed by atoms with Crippen molar-refractivity contribution in [1.82, 2.24) is 4.90 Å². The van der Waals surface area contributed by atoms with E-state index in [1.165, 1.54) is 18.2 Å². The fourth-order valence-corrected chi connectivity index (χ4v) is 3.08. The molecule has 1 aliphatic heterocycles. The van der Waals surface area contributed by atoms with Gasteiger partial charge in [0.15, 0.2) is 0 Å². The Morgan fingerprint density at radius 2 is 1.85 bits per heavy atom. The second-order valence-electron chi connectivity index (χ2n) is 6.18. The summed E-state index contributed by atoms with van der Waals surface area (Å²) >= 11 is 5.81. The molecule has 0 aliphatic carbocycles. The zero-order valence-electron chi connectivity index (χ0n) is 14.3. The zero-order chi connectivity index (χ0) is 18.7. The van der Waals surface area contributed by atoms with E-state index in [4.69, 9.17) is 11.6 Å². The number of nitrogens with zero attached hydrogens (tertiary/aromatic N) is 3. The van der Waals surface area contributed by atoms with Crippen molar-refractivity contribution in [3.63, 3.8) is 0 Å². The van der Waals surface area contributed by atoms with Crippen LogP contribution in [0.15, 0.2) is 42.5 Å². The van der Waals surface area contributed by atoms with Crippen LogP contribution in [0.2, 0.25) is 5.02 Å². The third kappa shape index (κ3) is 3.95. The average Bonchev–Trinajstić information content (AvgIpc) is 2.63. The molecule has 2 aromatic carbocycles. The molecule has 1 N–H and O–H groups in total. The minimum Gasteiger partial charge on any atom is -0.367 e. The molecule has 7 nitrogen and oxygen atoms in total. The van der Waals surface area contributed by atoms with Crippen molar-refractivity contribution in [3.8, 4) is 0 Å². The van der Waals surface area contributed by atoms with E-state index in [9.17, 15) is 14.9 Å². The van der Waals surface area contributed by atoms with Crippen molar-refractivity contribution in [2.75, 3.05) is 43.4 Å². The first-order valence-electron chi connectivity index (χ1n) is 8.23. The molecule has 8 heteroatoms. The van der Waals surface area contributed by atoms with Crippen LogP contribution in [0.3, 0.4) is 0 Å². The lowest BCUT2D eigenvalue weighted by atomic mass is 10.1. The number of nitro benzene ring substituents is 1. The van der Waals surface area contributed by atoms with Gasteiger partial charge < -0.3 is 15.1 Å². The lowest BCUT2D eigenvalue weighted by molar-refractivity contribution is -0.384. The van der Waals surface area contributed by atoms with Gasteiger partial charge in [0.05, 0.1) is 16.3 Å². The van der Waals surface area contributed by atoms with Crippen molar-refractivity contribution in [3.05, 3.63) is 63.2 Å². The summed E-state index contributed by atoms with van der Waals surface area (Å²) in [5.74, 6) is -0.411. The highest BCUT2D eigenvalue weighted by atomic mass is 35.5. The number of nitrogens with one attached hydrogen (secondary N) is 1. The number of anilines is 2. The topological polar surface area (TPSA) is 78.7 Å². The molecule has 26 heavy (non-hydrogen) atoms. The average molecular weight is 375 g/mol. The first kappa shape index (κ1) is 18.2. The predicted octanol–water partition coefficient (Wildman–Crippen LogP) is 3.25. The maximum atomic E-state index is 12.6. The Morgan fingerprint density at radius 1 is 1.15 bits per heavy atom. The maximum Gasteiger partial charge on any atom is 0.288 e. The van der Waals surface area contributed by atoms with E-state index >= 15 is 0 Å². The van der Waals surface area contributed by atoms with Crippen LogP contribution in [0.5, 0.6) is 0 Å². The molecule has 2 aromatic rings. The Hall–Kier alpha value is -2.64. The van der Waals surface area contributed by atoms with Crippen molar-refractivity contribution >= 4 is 34.6 Å². The van der Waals surface area contributed by atoms with Gasteiger partial charge in [-0.25, -0.2) is 0 Å². The van der Waals surface area contributed by atoms with Crippen LogP contribution in [0.1, 0.15) is 10.4 Å². The number of benzene rings is 2. The minimum absolute atomic E-state index is 0.00406. The Morgan fingerprint density at radius 3 is 2.54 bits per heavy atom. The largest absolute Gasteiger partial charge is 0.367 e. The number of carbonyl (C=O) groups excluding carboxylic acids is 1. The molecular formula is C18H19ClN4O3. The van der Waals surface area contributed by atoms with E-state index in [1.807, 2.05) is 24.3 Å². The van der Waals surface area contributed by atoms with Crippen LogP contribution in [-0.4, -0.2) is 49.0 Å². The number of nitro groups is 1. The summed E-state index contributed by atoms with van der Waals surface area (Å²) in [4.78, 5) is 27.5. The van der Waals surface area contributed by atoms with Gasteiger partial charge >= 0.3 is 0 Å². The Labute approximate surface area is 156 Å². The van der Waals surface area contributed by atoms with Crippen LogP contribution < -0.4 is 10.2 Å². The van der Waals surface area contributed by atoms with Gasteiger partial charge in [-0.3, -0.25) is 14.9 Å². The summed E-state index contributed by atoms with van der Waals surface area (Å²) in [6, 6.07) is 11.6. The summed E-state index contributed by atoms with van der Waals surface area (Å²) in [6.07, 6.45) is 0. The summed E-state index contributed by atoms with van der Waals surface area (Å²) in [5.41, 5.74) is 1.53. The molecule has 1 fully saturated rings. The highest BCUT2D eigenvalue weighted by Gasteiger charge is 2.20. The van der Waals surface area contributed by atoms with E-state index in [0.29, 0.717) is 5.69 Å². The minimum atomic E-state index is -0.600. The molecule has 0 atom stereocenters. The van der Waals surface area contributed by atoms with Gasteiger partial charge in [-0.05, 0) is 31.3 Å². The number of likely N-dealkylation sites (N-methyl/N-ethyl adjacent to an activating group) is 1. The Kier molecular flexibility index (Phi) is 5.39. The number of piperazine rings is 1. The van der Waals surface area contributed by atoms with Gasteiger partial charge in [0.25, 0.3) is 11.6 Å². The van der Waals surface area contributed by atoms with E-state index in [1.54, 1.807) is 0 Å². The molecule has 1 amide bonds. The van der Waals surface area contributed by atoms with Gasteiger partial charge in [-0.15, -0.1) is 0 Å². The van der Waals surface area contributed by atoms with Crippen LogP contribution in [0, 0.1) is 10.1 Å². The molecule has 0 bridgehead atoms. The van der Waals surface area contributed by atoms with Crippen LogP contribution in [0.4, 0.5) is 17.1 Å². The SMILES string of the molecule is CN1CCN(c2ccccc2NC(=O)c2ccc(Cl)c([N+](=O)[O-])c2)CC1. The van der Waals surface area contributed by atoms with E-state index in [2.05, 4.69) is 22.2 Å². The number of carbonyl (C=O) groups is 1. The van der Waals surface area contributed by atoms with Gasteiger partial charge in [0.2, 0.25) is 0 Å². The highest BCUT2D eigenvalue weighted by Crippen LogP contribution is 2.29. The summed E-state index contributed by atoms with van der Waals surface area (Å²) in [6.45, 7) is 3.64. The normalized spacial score (nSPS) is 14.9. The van der Waals surface area contributed by atoms with Crippen molar-refractivity contribution in [2.45, 2.75) is 0 Å². The monoisotopic (exact) mass is 374 g/mol. The van der Waals surface area contributed by atoms with Crippen molar-refractivity contribution in [2.24, 2.45) is 0 Å². The third-order valence-corrected chi connectivity index (χ3v) is 4.72. The molecule has 0 unspecified atom stereocenters. The Bertz CT molecular complexity index is 835. The quantitative estimate of drug-likeness (QED) is 0.656. The molecule has 3 rings (SSSR count). The third-order valence-electron chi connectivity index (χ3n) is 4.40. The second-order valence-corrected chi connectivity index (χ2v) is 6.59. The first-order chi connectivity index (χ1) is 12.5. The lowest BCUT2D eigenvalue weighted by Gasteiger charge is -2.35.